The Labute approximate surface area is 171 Å². The number of hydrogen-bond acceptors (Lipinski definition) is 6. The maximum Gasteiger partial charge on any atom is 0.269 e. The Morgan fingerprint density at radius 1 is 1.03 bits per heavy atom. The van der Waals surface area contributed by atoms with E-state index in [4.69, 9.17) is 5.73 Å². The van der Waals surface area contributed by atoms with Gasteiger partial charge in [-0.2, -0.15) is 0 Å². The summed E-state index contributed by atoms with van der Waals surface area (Å²) in [5.74, 6) is 0.410. The van der Waals surface area contributed by atoms with Crippen LogP contribution in [0.3, 0.4) is 0 Å². The second kappa shape index (κ2) is 10.4. The van der Waals surface area contributed by atoms with Crippen molar-refractivity contribution in [3.63, 3.8) is 0 Å². The van der Waals surface area contributed by atoms with Crippen LogP contribution in [0, 0.1) is 16.0 Å². The SMILES string of the molecule is CC(C)CNC[C@@H](NS(=O)(=O)c1ccc([N+](=O)[O-])cc1)[C@@H](N)Cc1ccccc1. The van der Waals surface area contributed by atoms with Gasteiger partial charge in [0.2, 0.25) is 10.0 Å². The molecule has 0 saturated heterocycles. The molecule has 0 aliphatic heterocycles. The van der Waals surface area contributed by atoms with Gasteiger partial charge in [0.15, 0.2) is 0 Å². The lowest BCUT2D eigenvalue weighted by Crippen LogP contribution is -2.53. The summed E-state index contributed by atoms with van der Waals surface area (Å²) in [6.45, 7) is 5.23. The lowest BCUT2D eigenvalue weighted by molar-refractivity contribution is -0.384. The van der Waals surface area contributed by atoms with Crippen LogP contribution in [0.1, 0.15) is 19.4 Å². The molecule has 0 heterocycles. The van der Waals surface area contributed by atoms with E-state index in [1.807, 2.05) is 30.3 Å². The monoisotopic (exact) mass is 420 g/mol. The van der Waals surface area contributed by atoms with Gasteiger partial charge in [0.05, 0.1) is 9.82 Å². The summed E-state index contributed by atoms with van der Waals surface area (Å²) in [5, 5.41) is 14.0. The van der Waals surface area contributed by atoms with E-state index in [-0.39, 0.29) is 10.6 Å². The maximum atomic E-state index is 12.8. The van der Waals surface area contributed by atoms with Crippen LogP contribution in [-0.2, 0) is 16.4 Å². The van der Waals surface area contributed by atoms with Crippen molar-refractivity contribution in [3.8, 4) is 0 Å². The van der Waals surface area contributed by atoms with Crippen molar-refractivity contribution in [3.05, 3.63) is 70.3 Å². The van der Waals surface area contributed by atoms with E-state index < -0.39 is 27.0 Å². The first-order valence-electron chi connectivity index (χ1n) is 9.46. The van der Waals surface area contributed by atoms with E-state index in [1.165, 1.54) is 24.3 Å². The van der Waals surface area contributed by atoms with Gasteiger partial charge in [0.1, 0.15) is 0 Å². The van der Waals surface area contributed by atoms with Crippen LogP contribution in [-0.4, -0.2) is 38.5 Å². The zero-order valence-electron chi connectivity index (χ0n) is 16.6. The van der Waals surface area contributed by atoms with Gasteiger partial charge in [0.25, 0.3) is 5.69 Å². The van der Waals surface area contributed by atoms with Gasteiger partial charge < -0.3 is 11.1 Å². The van der Waals surface area contributed by atoms with E-state index >= 15 is 0 Å². The molecule has 0 spiro atoms. The summed E-state index contributed by atoms with van der Waals surface area (Å²) >= 11 is 0. The largest absolute Gasteiger partial charge is 0.326 e. The molecule has 4 N–H and O–H groups in total. The van der Waals surface area contributed by atoms with Crippen molar-refractivity contribution < 1.29 is 13.3 Å². The van der Waals surface area contributed by atoms with Gasteiger partial charge >= 0.3 is 0 Å². The molecule has 0 radical (unpaired) electrons. The van der Waals surface area contributed by atoms with Crippen LogP contribution in [0.4, 0.5) is 5.69 Å². The summed E-state index contributed by atoms with van der Waals surface area (Å²) in [5.41, 5.74) is 7.21. The minimum Gasteiger partial charge on any atom is -0.326 e. The van der Waals surface area contributed by atoms with Crippen LogP contribution in [0.5, 0.6) is 0 Å². The van der Waals surface area contributed by atoms with Crippen LogP contribution < -0.4 is 15.8 Å². The number of nitrogens with two attached hydrogens (primary N) is 1. The molecule has 2 aromatic rings. The summed E-state index contributed by atoms with van der Waals surface area (Å²) in [6, 6.07) is 13.4. The number of nitrogens with one attached hydrogen (secondary N) is 2. The van der Waals surface area contributed by atoms with Gasteiger partial charge in [0, 0.05) is 30.8 Å². The van der Waals surface area contributed by atoms with Crippen LogP contribution in [0.15, 0.2) is 59.5 Å². The first-order valence-corrected chi connectivity index (χ1v) is 10.9. The smallest absolute Gasteiger partial charge is 0.269 e. The highest BCUT2D eigenvalue weighted by Gasteiger charge is 2.25. The van der Waals surface area contributed by atoms with Crippen LogP contribution in [0.25, 0.3) is 0 Å². The Hall–Kier alpha value is -2.33. The number of nitrogens with zero attached hydrogens (tertiary/aromatic N) is 1. The Morgan fingerprint density at radius 3 is 2.21 bits per heavy atom. The van der Waals surface area contributed by atoms with E-state index in [1.54, 1.807) is 0 Å². The molecule has 0 aliphatic carbocycles. The number of sulfonamides is 1. The van der Waals surface area contributed by atoms with Crippen molar-refractivity contribution in [1.29, 1.82) is 0 Å². The molecule has 0 amide bonds. The lowest BCUT2D eigenvalue weighted by Gasteiger charge is -2.26. The highest BCUT2D eigenvalue weighted by molar-refractivity contribution is 7.89. The number of hydrogen-bond donors (Lipinski definition) is 3. The molecule has 2 rings (SSSR count). The molecule has 0 bridgehead atoms. The molecular weight excluding hydrogens is 392 g/mol. The van der Waals surface area contributed by atoms with Crippen LogP contribution in [0.2, 0.25) is 0 Å². The maximum absolute atomic E-state index is 12.8. The van der Waals surface area contributed by atoms with Crippen molar-refractivity contribution >= 4 is 15.7 Å². The zero-order chi connectivity index (χ0) is 21.4. The summed E-state index contributed by atoms with van der Waals surface area (Å²) < 4.78 is 28.3. The molecule has 158 valence electrons. The molecule has 29 heavy (non-hydrogen) atoms. The zero-order valence-corrected chi connectivity index (χ0v) is 17.4. The number of rotatable bonds is 11. The van der Waals surface area contributed by atoms with Gasteiger partial charge in [-0.25, -0.2) is 13.1 Å². The normalized spacial score (nSPS) is 13.9. The van der Waals surface area contributed by atoms with Gasteiger partial charge in [-0.3, -0.25) is 10.1 Å². The van der Waals surface area contributed by atoms with Crippen molar-refractivity contribution in [2.75, 3.05) is 13.1 Å². The van der Waals surface area contributed by atoms with E-state index in [9.17, 15) is 18.5 Å². The average molecular weight is 421 g/mol. The molecule has 9 heteroatoms. The number of benzene rings is 2. The minimum atomic E-state index is -3.88. The molecule has 0 unspecified atom stereocenters. The second-order valence-corrected chi connectivity index (χ2v) is 9.10. The molecule has 0 saturated carbocycles. The quantitative estimate of drug-likeness (QED) is 0.377. The summed E-state index contributed by atoms with van der Waals surface area (Å²) in [4.78, 5) is 10.2. The van der Waals surface area contributed by atoms with Gasteiger partial charge in [-0.1, -0.05) is 44.2 Å². The molecule has 2 aromatic carbocycles. The third-order valence-corrected chi connectivity index (χ3v) is 5.92. The standard InChI is InChI=1S/C20H28N4O4S/c1-15(2)13-22-14-20(19(21)12-16-6-4-3-5-7-16)23-29(27,28)18-10-8-17(9-11-18)24(25)26/h3-11,15,19-20,22-23H,12-14,21H2,1-2H3/t19-,20+/m0/s1. The van der Waals surface area contributed by atoms with E-state index in [0.29, 0.717) is 18.9 Å². The summed E-state index contributed by atoms with van der Waals surface area (Å²) in [7, 11) is -3.88. The van der Waals surface area contributed by atoms with Gasteiger partial charge in [-0.15, -0.1) is 0 Å². The average Bonchev–Trinajstić information content (AvgIpc) is 2.67. The van der Waals surface area contributed by atoms with Gasteiger partial charge in [-0.05, 0) is 36.6 Å². The molecule has 2 atom stereocenters. The van der Waals surface area contributed by atoms with E-state index in [0.717, 1.165) is 12.1 Å². The highest BCUT2D eigenvalue weighted by Crippen LogP contribution is 2.16. The Morgan fingerprint density at radius 2 is 1.66 bits per heavy atom. The van der Waals surface area contributed by atoms with Crippen molar-refractivity contribution in [2.24, 2.45) is 11.7 Å². The second-order valence-electron chi connectivity index (χ2n) is 7.38. The predicted molar refractivity (Wildman–Crippen MR) is 113 cm³/mol. The Balaban J connectivity index is 2.16. The molecule has 8 nitrogen and oxygen atoms in total. The van der Waals surface area contributed by atoms with E-state index in [2.05, 4.69) is 23.9 Å². The minimum absolute atomic E-state index is 0.0381. The number of non-ortho nitro benzene ring substituents is 1. The molecule has 0 aromatic heterocycles. The first kappa shape index (κ1) is 23.0. The fourth-order valence-electron chi connectivity index (χ4n) is 2.85. The summed E-state index contributed by atoms with van der Waals surface area (Å²) in [6.07, 6.45) is 0.512. The number of nitro groups is 1. The predicted octanol–water partition coefficient (Wildman–Crippen LogP) is 2.06. The first-order chi connectivity index (χ1) is 13.7. The molecule has 0 aliphatic rings. The highest BCUT2D eigenvalue weighted by atomic mass is 32.2. The fraction of sp³-hybridized carbons (Fsp3) is 0.400. The lowest BCUT2D eigenvalue weighted by atomic mass is 10.0. The Bertz CT molecular complexity index is 886. The third-order valence-electron chi connectivity index (χ3n) is 4.41. The van der Waals surface area contributed by atoms with Crippen LogP contribution >= 0.6 is 0 Å². The number of nitro benzene ring substituents is 1. The van der Waals surface area contributed by atoms with Crippen molar-refractivity contribution in [2.45, 2.75) is 37.2 Å². The topological polar surface area (TPSA) is 127 Å². The fourth-order valence-corrected chi connectivity index (χ4v) is 4.14. The molecular formula is C20H28N4O4S. The third kappa shape index (κ3) is 7.21. The van der Waals surface area contributed by atoms with Crippen molar-refractivity contribution in [1.82, 2.24) is 10.0 Å². The Kier molecular flexibility index (Phi) is 8.27. The molecule has 0 fully saturated rings.